The van der Waals surface area contributed by atoms with Gasteiger partial charge in [0.25, 0.3) is 0 Å². The zero-order chi connectivity index (χ0) is 14.0. The predicted octanol–water partition coefficient (Wildman–Crippen LogP) is 2.86. The first-order valence-electron chi connectivity index (χ1n) is 6.64. The van der Waals surface area contributed by atoms with Gasteiger partial charge in [-0.1, -0.05) is 13.0 Å². The quantitative estimate of drug-likeness (QED) is 0.786. The molecule has 0 N–H and O–H groups in total. The molecule has 4 heteroatoms. The summed E-state index contributed by atoms with van der Waals surface area (Å²) in [5.41, 5.74) is 1.19. The highest BCUT2D eigenvalue weighted by Gasteiger charge is 2.34. The van der Waals surface area contributed by atoms with Gasteiger partial charge in [0, 0.05) is 13.0 Å². The topological polar surface area (TPSA) is 37.4 Å². The maximum absolute atomic E-state index is 13.9. The maximum atomic E-state index is 13.9. The zero-order valence-electron chi connectivity index (χ0n) is 11.3. The number of anilines is 1. The molecule has 1 aliphatic heterocycles. The van der Waals surface area contributed by atoms with Crippen LogP contribution in [0.15, 0.2) is 18.2 Å². The molecule has 0 aliphatic carbocycles. The number of piperidine rings is 1. The third kappa shape index (κ3) is 2.67. The Morgan fingerprint density at radius 1 is 1.47 bits per heavy atom. The van der Waals surface area contributed by atoms with Gasteiger partial charge in [0.15, 0.2) is 0 Å². The van der Waals surface area contributed by atoms with Crippen LogP contribution in [0.2, 0.25) is 0 Å². The number of amides is 1. The summed E-state index contributed by atoms with van der Waals surface area (Å²) in [6, 6.07) is 4.69. The lowest BCUT2D eigenvalue weighted by Crippen LogP contribution is -2.44. The van der Waals surface area contributed by atoms with Crippen molar-refractivity contribution >= 4 is 17.4 Å². The highest BCUT2D eigenvalue weighted by molar-refractivity contribution is 6.09. The molecular weight excluding hydrogens is 245 g/mol. The Labute approximate surface area is 112 Å². The summed E-state index contributed by atoms with van der Waals surface area (Å²) in [5, 5.41) is 0. The molecule has 2 rings (SSSR count). The summed E-state index contributed by atoms with van der Waals surface area (Å²) in [6.45, 7) is 4.08. The molecule has 1 amide bonds. The van der Waals surface area contributed by atoms with Crippen LogP contribution in [0, 0.1) is 18.7 Å². The normalized spacial score (nSPS) is 19.6. The molecule has 102 valence electrons. The molecule has 1 saturated heterocycles. The predicted molar refractivity (Wildman–Crippen MR) is 71.5 cm³/mol. The van der Waals surface area contributed by atoms with Crippen molar-refractivity contribution in [3.8, 4) is 0 Å². The van der Waals surface area contributed by atoms with Crippen molar-refractivity contribution < 1.29 is 14.0 Å². The zero-order valence-corrected chi connectivity index (χ0v) is 11.3. The van der Waals surface area contributed by atoms with Gasteiger partial charge in [-0.3, -0.25) is 9.59 Å². The summed E-state index contributed by atoms with van der Waals surface area (Å²) in [5.74, 6) is -1.33. The van der Waals surface area contributed by atoms with E-state index in [4.69, 9.17) is 0 Å². The second-order valence-corrected chi connectivity index (χ2v) is 4.96. The Balaban J connectivity index is 2.31. The van der Waals surface area contributed by atoms with Crippen LogP contribution in [0.5, 0.6) is 0 Å². The third-order valence-corrected chi connectivity index (χ3v) is 3.57. The van der Waals surface area contributed by atoms with Gasteiger partial charge >= 0.3 is 0 Å². The lowest BCUT2D eigenvalue weighted by molar-refractivity contribution is -0.133. The second-order valence-electron chi connectivity index (χ2n) is 4.96. The number of hydrogen-bond donors (Lipinski definition) is 0. The molecule has 0 saturated carbocycles. The van der Waals surface area contributed by atoms with Crippen molar-refractivity contribution in [3.63, 3.8) is 0 Å². The fourth-order valence-corrected chi connectivity index (χ4v) is 2.49. The standard InChI is InChI=1S/C15H18FNO2/c1-3-14(18)11-5-4-8-17(15(11)19)13-9-10(2)6-7-12(13)16/h6-7,9,11H,3-5,8H2,1-2H3/t11-/m1/s1. The average molecular weight is 263 g/mol. The molecule has 0 radical (unpaired) electrons. The van der Waals surface area contributed by atoms with Crippen molar-refractivity contribution in [1.29, 1.82) is 0 Å². The van der Waals surface area contributed by atoms with E-state index in [2.05, 4.69) is 0 Å². The van der Waals surface area contributed by atoms with E-state index in [1.54, 1.807) is 19.1 Å². The van der Waals surface area contributed by atoms with Gasteiger partial charge in [-0.05, 0) is 37.5 Å². The minimum Gasteiger partial charge on any atom is -0.309 e. The van der Waals surface area contributed by atoms with Crippen LogP contribution < -0.4 is 4.90 Å². The number of nitrogens with zero attached hydrogens (tertiary/aromatic N) is 1. The van der Waals surface area contributed by atoms with Crippen LogP contribution in [0.3, 0.4) is 0 Å². The summed E-state index contributed by atoms with van der Waals surface area (Å²) in [4.78, 5) is 25.5. The third-order valence-electron chi connectivity index (χ3n) is 3.57. The van der Waals surface area contributed by atoms with Crippen LogP contribution in [0.25, 0.3) is 0 Å². The largest absolute Gasteiger partial charge is 0.309 e. The first-order chi connectivity index (χ1) is 9.04. The van der Waals surface area contributed by atoms with Crippen molar-refractivity contribution in [2.24, 2.45) is 5.92 Å². The first kappa shape index (κ1) is 13.7. The lowest BCUT2D eigenvalue weighted by Gasteiger charge is -2.32. The molecule has 19 heavy (non-hydrogen) atoms. The number of carbonyl (C=O) groups is 2. The molecule has 3 nitrogen and oxygen atoms in total. The summed E-state index contributed by atoms with van der Waals surface area (Å²) >= 11 is 0. The highest BCUT2D eigenvalue weighted by Crippen LogP contribution is 2.28. The number of hydrogen-bond acceptors (Lipinski definition) is 2. The molecule has 1 aromatic carbocycles. The van der Waals surface area contributed by atoms with Gasteiger partial charge in [0.05, 0.1) is 11.6 Å². The monoisotopic (exact) mass is 263 g/mol. The van der Waals surface area contributed by atoms with Crippen LogP contribution in [0.4, 0.5) is 10.1 Å². The Bertz CT molecular complexity index is 513. The number of ketones is 1. The Morgan fingerprint density at radius 2 is 2.21 bits per heavy atom. The Morgan fingerprint density at radius 3 is 2.89 bits per heavy atom. The molecule has 1 heterocycles. The van der Waals surface area contributed by atoms with Crippen LogP contribution in [-0.2, 0) is 9.59 Å². The molecular formula is C15H18FNO2. The van der Waals surface area contributed by atoms with Crippen LogP contribution in [-0.4, -0.2) is 18.2 Å². The Kier molecular flexibility index (Phi) is 3.98. The number of halogens is 1. The molecule has 1 aromatic rings. The minimum atomic E-state index is -0.598. The van der Waals surface area contributed by atoms with E-state index in [1.165, 1.54) is 11.0 Å². The smallest absolute Gasteiger partial charge is 0.237 e. The van der Waals surface area contributed by atoms with Crippen molar-refractivity contribution in [2.75, 3.05) is 11.4 Å². The summed E-state index contributed by atoms with van der Waals surface area (Å²) < 4.78 is 13.9. The van der Waals surface area contributed by atoms with Gasteiger partial charge in [-0.25, -0.2) is 4.39 Å². The fraction of sp³-hybridized carbons (Fsp3) is 0.467. The van der Waals surface area contributed by atoms with Gasteiger partial charge in [0.2, 0.25) is 5.91 Å². The van der Waals surface area contributed by atoms with E-state index in [-0.39, 0.29) is 11.7 Å². The Hall–Kier alpha value is -1.71. The van der Waals surface area contributed by atoms with Crippen molar-refractivity contribution in [1.82, 2.24) is 0 Å². The number of rotatable bonds is 3. The van der Waals surface area contributed by atoms with E-state index < -0.39 is 11.7 Å². The van der Waals surface area contributed by atoms with Gasteiger partial charge < -0.3 is 4.90 Å². The highest BCUT2D eigenvalue weighted by atomic mass is 19.1. The van der Waals surface area contributed by atoms with Crippen LogP contribution >= 0.6 is 0 Å². The number of aryl methyl sites for hydroxylation is 1. The van der Waals surface area contributed by atoms with E-state index in [0.717, 1.165) is 12.0 Å². The molecule has 1 atom stereocenters. The molecule has 1 aliphatic rings. The van der Waals surface area contributed by atoms with Gasteiger partial charge in [0.1, 0.15) is 11.6 Å². The lowest BCUT2D eigenvalue weighted by atomic mass is 9.91. The summed E-state index contributed by atoms with van der Waals surface area (Å²) in [7, 11) is 0. The number of carbonyl (C=O) groups excluding carboxylic acids is 2. The SMILES string of the molecule is CCC(=O)[C@H]1CCCN(c2cc(C)ccc2F)C1=O. The maximum Gasteiger partial charge on any atom is 0.237 e. The van der Waals surface area contributed by atoms with E-state index in [0.29, 0.717) is 25.1 Å². The molecule has 1 fully saturated rings. The van der Waals surface area contributed by atoms with E-state index in [1.807, 2.05) is 6.92 Å². The second kappa shape index (κ2) is 5.51. The molecule has 0 unspecified atom stereocenters. The van der Waals surface area contributed by atoms with Gasteiger partial charge in [-0.2, -0.15) is 0 Å². The van der Waals surface area contributed by atoms with Gasteiger partial charge in [-0.15, -0.1) is 0 Å². The number of benzene rings is 1. The van der Waals surface area contributed by atoms with Crippen LogP contribution in [0.1, 0.15) is 31.7 Å². The molecule has 0 aromatic heterocycles. The summed E-state index contributed by atoms with van der Waals surface area (Å²) in [6.07, 6.45) is 1.66. The van der Waals surface area contributed by atoms with Crippen molar-refractivity contribution in [2.45, 2.75) is 33.1 Å². The first-order valence-corrected chi connectivity index (χ1v) is 6.64. The average Bonchev–Trinajstić information content (AvgIpc) is 2.41. The van der Waals surface area contributed by atoms with E-state index in [9.17, 15) is 14.0 Å². The number of Topliss-reactive ketones (excluding diaryl/α,β-unsaturated/α-hetero) is 1. The molecule has 0 spiro atoms. The molecule has 0 bridgehead atoms. The van der Waals surface area contributed by atoms with E-state index >= 15 is 0 Å². The fourth-order valence-electron chi connectivity index (χ4n) is 2.49. The minimum absolute atomic E-state index is 0.0530. The van der Waals surface area contributed by atoms with Crippen molar-refractivity contribution in [3.05, 3.63) is 29.6 Å².